The molecule has 0 bridgehead atoms. The van der Waals surface area contributed by atoms with E-state index in [4.69, 9.17) is 10.5 Å². The molecular formula is C13H24N4O. The van der Waals surface area contributed by atoms with Gasteiger partial charge in [-0.25, -0.2) is 9.97 Å². The number of hydrogen-bond donors (Lipinski definition) is 2. The molecule has 18 heavy (non-hydrogen) atoms. The van der Waals surface area contributed by atoms with Gasteiger partial charge in [0.2, 0.25) is 0 Å². The lowest BCUT2D eigenvalue weighted by molar-refractivity contribution is 0.128. The van der Waals surface area contributed by atoms with Crippen LogP contribution in [-0.4, -0.2) is 23.1 Å². The van der Waals surface area contributed by atoms with Crippen molar-refractivity contribution in [1.29, 1.82) is 0 Å². The van der Waals surface area contributed by atoms with Crippen molar-refractivity contribution in [2.75, 3.05) is 24.2 Å². The van der Waals surface area contributed by atoms with Crippen molar-refractivity contribution in [3.05, 3.63) is 11.9 Å². The Morgan fingerprint density at radius 3 is 2.67 bits per heavy atom. The zero-order chi connectivity index (χ0) is 13.6. The molecule has 1 aromatic heterocycles. The van der Waals surface area contributed by atoms with E-state index in [2.05, 4.69) is 36.1 Å². The predicted octanol–water partition coefficient (Wildman–Crippen LogP) is 2.44. The third kappa shape index (κ3) is 4.87. The van der Waals surface area contributed by atoms with Crippen LogP contribution >= 0.6 is 0 Å². The first-order valence-corrected chi connectivity index (χ1v) is 6.42. The number of nitrogens with zero attached hydrogens (tertiary/aromatic N) is 2. The Labute approximate surface area is 109 Å². The first-order valence-electron chi connectivity index (χ1n) is 6.42. The van der Waals surface area contributed by atoms with Gasteiger partial charge in [0.05, 0.1) is 0 Å². The maximum Gasteiger partial charge on any atom is 0.158 e. The van der Waals surface area contributed by atoms with Gasteiger partial charge in [-0.1, -0.05) is 20.8 Å². The number of rotatable bonds is 7. The Morgan fingerprint density at radius 1 is 1.33 bits per heavy atom. The topological polar surface area (TPSA) is 73.1 Å². The van der Waals surface area contributed by atoms with Gasteiger partial charge in [-0.05, 0) is 18.8 Å². The van der Waals surface area contributed by atoms with Crippen LogP contribution in [0.25, 0.3) is 0 Å². The molecule has 5 nitrogen and oxygen atoms in total. The summed E-state index contributed by atoms with van der Waals surface area (Å²) in [4.78, 5) is 8.52. The summed E-state index contributed by atoms with van der Waals surface area (Å²) < 4.78 is 5.29. The van der Waals surface area contributed by atoms with E-state index in [1.165, 1.54) is 0 Å². The number of nitrogen functional groups attached to an aromatic ring is 1. The van der Waals surface area contributed by atoms with Crippen molar-refractivity contribution < 1.29 is 4.74 Å². The third-order valence-corrected chi connectivity index (χ3v) is 2.93. The zero-order valence-corrected chi connectivity index (χ0v) is 11.8. The van der Waals surface area contributed by atoms with Crippen molar-refractivity contribution in [1.82, 2.24) is 9.97 Å². The molecule has 0 saturated carbocycles. The number of anilines is 2. The molecule has 5 heteroatoms. The molecule has 0 aliphatic rings. The van der Waals surface area contributed by atoms with Crippen LogP contribution in [0.3, 0.4) is 0 Å². The normalized spacial score (nSPS) is 11.6. The summed E-state index contributed by atoms with van der Waals surface area (Å²) in [5.74, 6) is 1.85. The van der Waals surface area contributed by atoms with Crippen molar-refractivity contribution in [3.8, 4) is 0 Å². The van der Waals surface area contributed by atoms with E-state index in [1.807, 2.05) is 6.92 Å². The molecule has 0 saturated heterocycles. The van der Waals surface area contributed by atoms with Crippen LogP contribution in [0.1, 0.15) is 39.9 Å². The lowest BCUT2D eigenvalue weighted by atomic mass is 9.90. The second kappa shape index (κ2) is 6.54. The van der Waals surface area contributed by atoms with Crippen LogP contribution in [0.15, 0.2) is 6.07 Å². The lowest BCUT2D eigenvalue weighted by Crippen LogP contribution is -2.22. The largest absolute Gasteiger partial charge is 0.384 e. The highest BCUT2D eigenvalue weighted by atomic mass is 16.5. The molecule has 0 aliphatic heterocycles. The summed E-state index contributed by atoms with van der Waals surface area (Å²) in [6, 6.07) is 1.75. The summed E-state index contributed by atoms with van der Waals surface area (Å²) in [5, 5.41) is 3.31. The fraction of sp³-hybridized carbons (Fsp3) is 0.692. The Hall–Kier alpha value is -1.36. The second-order valence-electron chi connectivity index (χ2n) is 5.10. The average molecular weight is 252 g/mol. The van der Waals surface area contributed by atoms with Crippen molar-refractivity contribution in [2.24, 2.45) is 5.41 Å². The summed E-state index contributed by atoms with van der Waals surface area (Å²) in [6.07, 6.45) is 1.10. The van der Waals surface area contributed by atoms with Crippen molar-refractivity contribution >= 4 is 11.6 Å². The van der Waals surface area contributed by atoms with E-state index in [1.54, 1.807) is 6.07 Å². The summed E-state index contributed by atoms with van der Waals surface area (Å²) >= 11 is 0. The molecule has 0 amide bonds. The zero-order valence-electron chi connectivity index (χ0n) is 11.8. The Balaban J connectivity index is 2.68. The Morgan fingerprint density at radius 2 is 2.06 bits per heavy atom. The highest BCUT2D eigenvalue weighted by Gasteiger charge is 2.15. The SMILES string of the molecule is CCOCc1nc(N)cc(NCC(C)(C)CC)n1. The third-order valence-electron chi connectivity index (χ3n) is 2.93. The predicted molar refractivity (Wildman–Crippen MR) is 74.3 cm³/mol. The van der Waals surface area contributed by atoms with Crippen molar-refractivity contribution in [3.63, 3.8) is 0 Å². The monoisotopic (exact) mass is 252 g/mol. The van der Waals surface area contributed by atoms with Gasteiger partial charge in [-0.2, -0.15) is 0 Å². The van der Waals surface area contributed by atoms with Gasteiger partial charge in [0.25, 0.3) is 0 Å². The van der Waals surface area contributed by atoms with Crippen LogP contribution in [0.5, 0.6) is 0 Å². The molecule has 1 heterocycles. The molecule has 1 aromatic rings. The molecule has 0 radical (unpaired) electrons. The van der Waals surface area contributed by atoms with Crippen LogP contribution in [0.4, 0.5) is 11.6 Å². The summed E-state index contributed by atoms with van der Waals surface area (Å²) in [7, 11) is 0. The molecule has 0 aromatic carbocycles. The number of nitrogens with one attached hydrogen (secondary N) is 1. The van der Waals surface area contributed by atoms with E-state index in [9.17, 15) is 0 Å². The molecule has 0 unspecified atom stereocenters. The number of hydrogen-bond acceptors (Lipinski definition) is 5. The molecule has 0 fully saturated rings. The van der Waals surface area contributed by atoms with Gasteiger partial charge < -0.3 is 15.8 Å². The summed E-state index contributed by atoms with van der Waals surface area (Å²) in [5.41, 5.74) is 5.99. The highest BCUT2D eigenvalue weighted by molar-refractivity contribution is 5.44. The molecule has 1 rings (SSSR count). The quantitative estimate of drug-likeness (QED) is 0.779. The smallest absolute Gasteiger partial charge is 0.158 e. The van der Waals surface area contributed by atoms with Crippen molar-refractivity contribution in [2.45, 2.75) is 40.7 Å². The lowest BCUT2D eigenvalue weighted by Gasteiger charge is -2.23. The van der Waals surface area contributed by atoms with Gasteiger partial charge in [-0.3, -0.25) is 0 Å². The van der Waals surface area contributed by atoms with Gasteiger partial charge in [0.1, 0.15) is 18.2 Å². The van der Waals surface area contributed by atoms with Gasteiger partial charge in [0.15, 0.2) is 5.82 Å². The molecule has 0 atom stereocenters. The van der Waals surface area contributed by atoms with E-state index in [0.29, 0.717) is 24.9 Å². The second-order valence-corrected chi connectivity index (χ2v) is 5.10. The van der Waals surface area contributed by atoms with Crippen LogP contribution in [-0.2, 0) is 11.3 Å². The standard InChI is InChI=1S/C13H24N4O/c1-5-13(3,4)9-15-11-7-10(14)16-12(17-11)8-18-6-2/h7H,5-6,8-9H2,1-4H3,(H3,14,15,16,17). The fourth-order valence-corrected chi connectivity index (χ4v) is 1.32. The Kier molecular flexibility index (Phi) is 5.34. The maximum absolute atomic E-state index is 5.76. The molecule has 0 aliphatic carbocycles. The van der Waals surface area contributed by atoms with Crippen LogP contribution < -0.4 is 11.1 Å². The van der Waals surface area contributed by atoms with E-state index < -0.39 is 0 Å². The minimum Gasteiger partial charge on any atom is -0.384 e. The molecular weight excluding hydrogens is 228 g/mol. The summed E-state index contributed by atoms with van der Waals surface area (Å²) in [6.45, 7) is 10.4. The molecule has 0 spiro atoms. The first kappa shape index (κ1) is 14.7. The average Bonchev–Trinajstić information content (AvgIpc) is 2.33. The van der Waals surface area contributed by atoms with Gasteiger partial charge in [-0.15, -0.1) is 0 Å². The molecule has 102 valence electrons. The van der Waals surface area contributed by atoms with Crippen LogP contribution in [0, 0.1) is 5.41 Å². The van der Waals surface area contributed by atoms with E-state index in [-0.39, 0.29) is 5.41 Å². The van der Waals surface area contributed by atoms with Crippen LogP contribution in [0.2, 0.25) is 0 Å². The number of ether oxygens (including phenoxy) is 1. The van der Waals surface area contributed by atoms with E-state index in [0.717, 1.165) is 18.8 Å². The van der Waals surface area contributed by atoms with Gasteiger partial charge >= 0.3 is 0 Å². The fourth-order valence-electron chi connectivity index (χ4n) is 1.32. The minimum atomic E-state index is 0.236. The Bertz CT molecular complexity index is 379. The van der Waals surface area contributed by atoms with E-state index >= 15 is 0 Å². The minimum absolute atomic E-state index is 0.236. The molecule has 3 N–H and O–H groups in total. The highest BCUT2D eigenvalue weighted by Crippen LogP contribution is 2.20. The maximum atomic E-state index is 5.76. The number of aromatic nitrogens is 2. The number of nitrogens with two attached hydrogens (primary N) is 1. The van der Waals surface area contributed by atoms with Gasteiger partial charge in [0, 0.05) is 19.2 Å². The first-order chi connectivity index (χ1) is 8.46.